The summed E-state index contributed by atoms with van der Waals surface area (Å²) in [7, 11) is -5.64. The van der Waals surface area contributed by atoms with Gasteiger partial charge >= 0.3 is 0 Å². The molecule has 1 rings (SSSR count). The lowest BCUT2D eigenvalue weighted by molar-refractivity contribution is 0.594. The molecule has 1 heterocycles. The predicted octanol–water partition coefficient (Wildman–Crippen LogP) is 11.5. The second kappa shape index (κ2) is 9.36. The van der Waals surface area contributed by atoms with Gasteiger partial charge in [0, 0.05) is 0 Å². The molecule has 0 spiro atoms. The Balaban J connectivity index is 4.60. The van der Waals surface area contributed by atoms with Crippen molar-refractivity contribution in [2.45, 2.75) is 182 Å². The van der Waals surface area contributed by atoms with Crippen LogP contribution in [0.3, 0.4) is 0 Å². The van der Waals surface area contributed by atoms with Gasteiger partial charge < -0.3 is 0 Å². The van der Waals surface area contributed by atoms with Crippen LogP contribution in [0.2, 0.25) is 31.2 Å². The van der Waals surface area contributed by atoms with Gasteiger partial charge in [0.25, 0.3) is 0 Å². The molecule has 0 radical (unpaired) electrons. The van der Waals surface area contributed by atoms with Crippen molar-refractivity contribution >= 4 is 22.3 Å². The zero-order chi connectivity index (χ0) is 26.6. The minimum Gasteiger partial charge on any atom is -0.0853 e. The van der Waals surface area contributed by atoms with Crippen LogP contribution in [-0.2, 0) is 0 Å². The van der Waals surface area contributed by atoms with Crippen molar-refractivity contribution in [3.05, 3.63) is 10.4 Å². The van der Waals surface area contributed by atoms with Crippen molar-refractivity contribution in [2.75, 3.05) is 0 Å². The molecule has 0 aromatic rings. The van der Waals surface area contributed by atoms with Gasteiger partial charge in [-0.2, -0.15) is 0 Å². The van der Waals surface area contributed by atoms with Crippen LogP contribution in [0.25, 0.3) is 0 Å². The molecule has 0 nitrogen and oxygen atoms in total. The summed E-state index contributed by atoms with van der Waals surface area (Å²) >= 11 is 0. The Morgan fingerprint density at radius 2 is 0.727 bits per heavy atom. The van der Waals surface area contributed by atoms with E-state index in [1.165, 1.54) is 25.7 Å². The number of hydrogen-bond acceptors (Lipinski definition) is 0. The summed E-state index contributed by atoms with van der Waals surface area (Å²) in [5.41, 5.74) is 1.61. The Morgan fingerprint density at radius 1 is 0.515 bits per heavy atom. The summed E-state index contributed by atoms with van der Waals surface area (Å²) in [5.74, 6) is 0. The molecule has 0 atom stereocenters. The van der Waals surface area contributed by atoms with E-state index in [4.69, 9.17) is 0 Å². The molecule has 196 valence electrons. The Kier molecular flexibility index (Phi) is 8.91. The second-order valence-electron chi connectivity index (χ2n) is 16.1. The molecule has 0 saturated carbocycles. The lowest BCUT2D eigenvalue weighted by atomic mass is 10.2. The van der Waals surface area contributed by atoms with E-state index in [9.17, 15) is 0 Å². The highest BCUT2D eigenvalue weighted by Crippen LogP contribution is 2.78. The lowest BCUT2D eigenvalue weighted by Crippen LogP contribution is -2.84. The number of hydrogen-bond donors (Lipinski definition) is 0. The normalized spacial score (nSPS) is 18.5. The van der Waals surface area contributed by atoms with E-state index < -0.39 is 22.3 Å². The maximum atomic E-state index is 2.69. The largest absolute Gasteiger partial charge is 0.0965 e. The molecule has 0 saturated heterocycles. The predicted molar refractivity (Wildman–Crippen MR) is 163 cm³/mol. The lowest BCUT2D eigenvalue weighted by Gasteiger charge is -2.71. The number of rotatable bonds is 8. The van der Waals surface area contributed by atoms with Crippen molar-refractivity contribution in [1.82, 2.24) is 0 Å². The third kappa shape index (κ3) is 4.01. The molecule has 0 aromatic carbocycles. The fourth-order valence-electron chi connectivity index (χ4n) is 11.7. The van der Waals surface area contributed by atoms with Gasteiger partial charge in [0.05, 0.1) is 22.3 Å². The van der Waals surface area contributed by atoms with E-state index in [2.05, 4.69) is 135 Å². The quantitative estimate of drug-likeness (QED) is 0.286. The third-order valence-electron chi connectivity index (χ3n) is 9.85. The highest BCUT2D eigenvalue weighted by molar-refractivity contribution is 7.80. The fraction of sp³-hybridized carbons (Fsp3) is 0.933. The van der Waals surface area contributed by atoms with Crippen LogP contribution in [-0.4, -0.2) is 22.3 Å². The van der Waals surface area contributed by atoms with Crippen LogP contribution in [0.15, 0.2) is 10.4 Å². The van der Waals surface area contributed by atoms with E-state index in [0.717, 1.165) is 11.1 Å². The minimum absolute atomic E-state index is 0.393. The summed E-state index contributed by atoms with van der Waals surface area (Å²) in [6.07, 6.45) is 5.43. The van der Waals surface area contributed by atoms with E-state index in [1.54, 1.807) is 0 Å². The molecule has 0 N–H and O–H groups in total. The van der Waals surface area contributed by atoms with Gasteiger partial charge in [-0.25, -0.2) is 0 Å². The molecule has 0 amide bonds. The van der Waals surface area contributed by atoms with Crippen molar-refractivity contribution in [3.8, 4) is 0 Å². The molecule has 0 fully saturated rings. The molecule has 0 unspecified atom stereocenters. The maximum absolute atomic E-state index is 2.69. The molecule has 33 heavy (non-hydrogen) atoms. The summed E-state index contributed by atoms with van der Waals surface area (Å²) < 4.78 is 0. The van der Waals surface area contributed by atoms with Crippen LogP contribution in [0.5, 0.6) is 0 Å². The first-order valence-corrected chi connectivity index (χ1v) is 22.4. The number of allylic oxidation sites excluding steroid dienone is 2. The van der Waals surface area contributed by atoms with Gasteiger partial charge in [0.2, 0.25) is 0 Å². The summed E-state index contributed by atoms with van der Waals surface area (Å²) in [6.45, 7) is 47.9. The van der Waals surface area contributed by atoms with E-state index >= 15 is 0 Å². The first-order valence-electron chi connectivity index (χ1n) is 14.3. The van der Waals surface area contributed by atoms with Crippen LogP contribution >= 0.6 is 0 Å². The zero-order valence-electron chi connectivity index (χ0n) is 26.5. The highest BCUT2D eigenvalue weighted by Gasteiger charge is 2.85. The Hall–Kier alpha value is 0.391. The topological polar surface area (TPSA) is 0 Å². The van der Waals surface area contributed by atoms with Gasteiger partial charge in [-0.1, -0.05) is 159 Å². The van der Waals surface area contributed by atoms with Gasteiger partial charge in [-0.15, -0.1) is 0 Å². The second-order valence-corrected chi connectivity index (χ2v) is 41.1. The first kappa shape index (κ1) is 31.4. The molecule has 0 bridgehead atoms. The maximum Gasteiger partial charge on any atom is 0.0965 e. The summed E-state index contributed by atoms with van der Waals surface area (Å²) in [5, 5.41) is 5.80. The minimum atomic E-state index is -1.88. The van der Waals surface area contributed by atoms with Crippen LogP contribution in [0, 0.1) is 0 Å². The average Bonchev–Trinajstić information content (AvgIpc) is 3.09. The summed E-state index contributed by atoms with van der Waals surface area (Å²) in [4.78, 5) is 0. The van der Waals surface area contributed by atoms with Crippen molar-refractivity contribution in [2.24, 2.45) is 0 Å². The van der Waals surface area contributed by atoms with Gasteiger partial charge in [-0.05, 0) is 33.0 Å². The van der Waals surface area contributed by atoms with Crippen LogP contribution in [0.4, 0.5) is 0 Å². The van der Waals surface area contributed by atoms with E-state index in [0.29, 0.717) is 20.2 Å². The monoisotopic (exact) mass is 508 g/mol. The molecular formula is C30H64Si3. The highest BCUT2D eigenvalue weighted by atomic mass is 29.6. The zero-order valence-corrected chi connectivity index (χ0v) is 29.5. The van der Waals surface area contributed by atoms with Gasteiger partial charge in [0.15, 0.2) is 0 Å². The van der Waals surface area contributed by atoms with E-state index in [-0.39, 0.29) is 0 Å². The van der Waals surface area contributed by atoms with Crippen LogP contribution in [0.1, 0.15) is 150 Å². The molecule has 0 aromatic heterocycles. The average molecular weight is 509 g/mol. The molecule has 3 heteroatoms. The van der Waals surface area contributed by atoms with Gasteiger partial charge in [0.1, 0.15) is 0 Å². The molecule has 0 aliphatic carbocycles. The van der Waals surface area contributed by atoms with Crippen LogP contribution < -0.4 is 0 Å². The third-order valence-corrected chi connectivity index (χ3v) is 58.1. The summed E-state index contributed by atoms with van der Waals surface area (Å²) in [6, 6.07) is 0. The van der Waals surface area contributed by atoms with Crippen molar-refractivity contribution in [1.29, 1.82) is 0 Å². The van der Waals surface area contributed by atoms with E-state index in [1.807, 2.05) is 0 Å². The standard InChI is InChI=1S/C30H64Si3/c1-19-21-25-26(22-20-2)31(25,32(23(3)4,27(7,8)9)28(10,11)12)33(24(5)6,29(13,14)15)30(16,17)18/h23-24H,19-22H2,1-18H3. The fourth-order valence-corrected chi connectivity index (χ4v) is 88.8. The first-order chi connectivity index (χ1) is 14.5. The Bertz CT molecular complexity index is 622. The molecule has 1 aliphatic heterocycles. The van der Waals surface area contributed by atoms with Crippen molar-refractivity contribution < 1.29 is 0 Å². The Morgan fingerprint density at radius 3 is 0.848 bits per heavy atom. The molecule has 1 aliphatic rings. The SMILES string of the molecule is CCCC1=C(CCC)[Si]1([Si](C(C)C)(C(C)(C)C)C(C)(C)C)[Si](C(C)C)(C(C)(C)C)C(C)(C)C. The Labute approximate surface area is 213 Å². The van der Waals surface area contributed by atoms with Gasteiger partial charge in [-0.3, -0.25) is 0 Å². The van der Waals surface area contributed by atoms with Crippen molar-refractivity contribution in [3.63, 3.8) is 0 Å². The smallest absolute Gasteiger partial charge is 0.0853 e. The molecular weight excluding hydrogens is 445 g/mol.